The van der Waals surface area contributed by atoms with E-state index in [0.717, 1.165) is 24.3 Å². The Labute approximate surface area is 199 Å². The normalized spacial score (nSPS) is 18.7. The quantitative estimate of drug-likeness (QED) is 0.483. The highest BCUT2D eigenvalue weighted by atomic mass is 19.4. The lowest BCUT2D eigenvalue weighted by atomic mass is 9.76. The number of carbonyl (C=O) groups excluding carboxylic acids is 1. The van der Waals surface area contributed by atoms with Crippen molar-refractivity contribution in [2.24, 2.45) is 0 Å². The summed E-state index contributed by atoms with van der Waals surface area (Å²) >= 11 is 0. The molecule has 0 spiro atoms. The second kappa shape index (κ2) is 9.17. The molecular weight excluding hydrogens is 496 g/mol. The summed E-state index contributed by atoms with van der Waals surface area (Å²) in [6, 6.07) is 9.90. The number of tetrazole rings is 1. The predicted octanol–water partition coefficient (Wildman–Crippen LogP) is 4.04. The van der Waals surface area contributed by atoms with E-state index >= 15 is 0 Å². The summed E-state index contributed by atoms with van der Waals surface area (Å²) in [4.78, 5) is 13.1. The van der Waals surface area contributed by atoms with Crippen molar-refractivity contribution >= 4 is 17.1 Å². The van der Waals surface area contributed by atoms with E-state index in [1.54, 1.807) is 0 Å². The number of aromatic amines is 1. The molecule has 0 aliphatic carbocycles. The Bertz CT molecular complexity index is 1260. The standard InChI is InChI=1S/C22H17F6N5O3/c1-35-14-6-2-12(3-7-14)16-10-20(22(26,27)28,29-19(34)17(16)18-30-32-33-31-18)13-4-8-15(9-5-13)36-11-21(23,24)25/h2-9H,10-11H2,1H3,(H,29,34)(H,30,31,32,33). The molecule has 1 aliphatic rings. The third kappa shape index (κ3) is 4.83. The van der Waals surface area contributed by atoms with E-state index in [1.807, 2.05) is 5.32 Å². The van der Waals surface area contributed by atoms with Crippen molar-refractivity contribution in [3.8, 4) is 11.5 Å². The molecule has 36 heavy (non-hydrogen) atoms. The van der Waals surface area contributed by atoms with Gasteiger partial charge in [0.05, 0.1) is 12.7 Å². The van der Waals surface area contributed by atoms with E-state index in [4.69, 9.17) is 4.74 Å². The molecule has 1 amide bonds. The Kier molecular flexibility index (Phi) is 6.37. The maximum Gasteiger partial charge on any atom is 0.422 e. The number of rotatable bonds is 6. The average Bonchev–Trinajstić information content (AvgIpc) is 3.36. The lowest BCUT2D eigenvalue weighted by Crippen LogP contribution is -2.58. The SMILES string of the molecule is COc1ccc(C2=C(c3nn[nH]n3)C(=O)NC(c3ccc(OCC(F)(F)F)cc3)(C(F)(F)F)C2)cc1. The van der Waals surface area contributed by atoms with Crippen LogP contribution in [-0.2, 0) is 10.3 Å². The fourth-order valence-electron chi connectivity index (χ4n) is 3.84. The number of alkyl halides is 6. The molecule has 0 bridgehead atoms. The Morgan fingerprint density at radius 3 is 2.14 bits per heavy atom. The minimum absolute atomic E-state index is 0.0162. The van der Waals surface area contributed by atoms with E-state index in [-0.39, 0.29) is 28.3 Å². The Hall–Kier alpha value is -4.10. The van der Waals surface area contributed by atoms with Crippen molar-refractivity contribution in [1.29, 1.82) is 0 Å². The summed E-state index contributed by atoms with van der Waals surface area (Å²) < 4.78 is 90.9. The lowest BCUT2D eigenvalue weighted by Gasteiger charge is -2.41. The van der Waals surface area contributed by atoms with E-state index in [0.29, 0.717) is 5.75 Å². The number of methoxy groups -OCH3 is 1. The monoisotopic (exact) mass is 513 g/mol. The first-order valence-electron chi connectivity index (χ1n) is 10.2. The van der Waals surface area contributed by atoms with Gasteiger partial charge in [-0.1, -0.05) is 24.3 Å². The van der Waals surface area contributed by atoms with Crippen molar-refractivity contribution in [2.75, 3.05) is 13.7 Å². The zero-order valence-corrected chi connectivity index (χ0v) is 18.4. The van der Waals surface area contributed by atoms with Crippen LogP contribution in [0.3, 0.4) is 0 Å². The highest BCUT2D eigenvalue weighted by Gasteiger charge is 2.59. The number of carbonyl (C=O) groups is 1. The van der Waals surface area contributed by atoms with Crippen LogP contribution in [-0.4, -0.2) is 52.6 Å². The van der Waals surface area contributed by atoms with Gasteiger partial charge in [-0.25, -0.2) is 0 Å². The molecule has 14 heteroatoms. The van der Waals surface area contributed by atoms with Gasteiger partial charge in [-0.05, 0) is 46.2 Å². The molecule has 8 nitrogen and oxygen atoms in total. The molecule has 0 radical (unpaired) electrons. The van der Waals surface area contributed by atoms with Crippen LogP contribution in [0.5, 0.6) is 11.5 Å². The minimum atomic E-state index is -5.00. The summed E-state index contributed by atoms with van der Waals surface area (Å²) in [5.74, 6) is -1.15. The van der Waals surface area contributed by atoms with Crippen LogP contribution in [0.15, 0.2) is 48.5 Å². The molecule has 2 aromatic carbocycles. The topological polar surface area (TPSA) is 102 Å². The van der Waals surface area contributed by atoms with Gasteiger partial charge in [-0.3, -0.25) is 4.79 Å². The van der Waals surface area contributed by atoms with Gasteiger partial charge >= 0.3 is 12.4 Å². The third-order valence-corrected chi connectivity index (χ3v) is 5.54. The smallest absolute Gasteiger partial charge is 0.422 e. The highest BCUT2D eigenvalue weighted by Crippen LogP contribution is 2.49. The number of ether oxygens (including phenoxy) is 2. The third-order valence-electron chi connectivity index (χ3n) is 5.54. The van der Waals surface area contributed by atoms with E-state index in [9.17, 15) is 31.1 Å². The maximum atomic E-state index is 14.7. The summed E-state index contributed by atoms with van der Waals surface area (Å²) in [6.45, 7) is -1.61. The largest absolute Gasteiger partial charge is 0.497 e. The van der Waals surface area contributed by atoms with Gasteiger partial charge in [0.2, 0.25) is 5.82 Å². The van der Waals surface area contributed by atoms with Crippen LogP contribution in [0.4, 0.5) is 26.3 Å². The molecule has 4 rings (SSSR count). The van der Waals surface area contributed by atoms with Gasteiger partial charge in [0.15, 0.2) is 12.1 Å². The number of aromatic nitrogens is 4. The van der Waals surface area contributed by atoms with Crippen molar-refractivity contribution in [2.45, 2.75) is 24.3 Å². The highest BCUT2D eigenvalue weighted by molar-refractivity contribution is 6.27. The Balaban J connectivity index is 1.82. The molecule has 1 atom stereocenters. The number of amides is 1. The first kappa shape index (κ1) is 25.0. The number of hydrogen-bond acceptors (Lipinski definition) is 6. The zero-order valence-electron chi connectivity index (χ0n) is 18.4. The van der Waals surface area contributed by atoms with Crippen LogP contribution in [0.2, 0.25) is 0 Å². The molecule has 0 fully saturated rings. The van der Waals surface area contributed by atoms with Crippen molar-refractivity contribution in [3.63, 3.8) is 0 Å². The molecule has 2 N–H and O–H groups in total. The van der Waals surface area contributed by atoms with E-state index in [2.05, 4.69) is 25.4 Å². The average molecular weight is 513 g/mol. The van der Waals surface area contributed by atoms with Gasteiger partial charge in [0, 0.05) is 6.42 Å². The van der Waals surface area contributed by atoms with E-state index in [1.165, 1.54) is 31.4 Å². The fourth-order valence-corrected chi connectivity index (χ4v) is 3.84. The first-order chi connectivity index (χ1) is 16.9. The van der Waals surface area contributed by atoms with Gasteiger partial charge in [0.1, 0.15) is 11.5 Å². The van der Waals surface area contributed by atoms with Crippen molar-refractivity contribution < 1.29 is 40.6 Å². The van der Waals surface area contributed by atoms with Crippen LogP contribution in [0.25, 0.3) is 11.1 Å². The summed E-state index contributed by atoms with van der Waals surface area (Å²) in [5.41, 5.74) is -3.25. The minimum Gasteiger partial charge on any atom is -0.497 e. The second-order valence-corrected chi connectivity index (χ2v) is 7.78. The summed E-state index contributed by atoms with van der Waals surface area (Å²) in [5, 5.41) is 15.1. The lowest BCUT2D eigenvalue weighted by molar-refractivity contribution is -0.201. The van der Waals surface area contributed by atoms with Crippen LogP contribution >= 0.6 is 0 Å². The summed E-state index contributed by atoms with van der Waals surface area (Å²) in [7, 11) is 1.42. The number of hydrogen-bond donors (Lipinski definition) is 2. The van der Waals surface area contributed by atoms with Gasteiger partial charge in [0.25, 0.3) is 5.91 Å². The van der Waals surface area contributed by atoms with Crippen LogP contribution in [0, 0.1) is 0 Å². The zero-order chi connectivity index (χ0) is 26.1. The maximum absolute atomic E-state index is 14.7. The van der Waals surface area contributed by atoms with Crippen LogP contribution in [0.1, 0.15) is 23.4 Å². The predicted molar refractivity (Wildman–Crippen MR) is 112 cm³/mol. The molecule has 0 saturated heterocycles. The molecule has 1 aliphatic heterocycles. The Morgan fingerprint density at radius 2 is 1.61 bits per heavy atom. The van der Waals surface area contributed by atoms with Crippen molar-refractivity contribution in [3.05, 3.63) is 65.5 Å². The van der Waals surface area contributed by atoms with Crippen molar-refractivity contribution in [1.82, 2.24) is 25.9 Å². The number of benzene rings is 2. The molecule has 2 heterocycles. The molecule has 1 aromatic heterocycles. The van der Waals surface area contributed by atoms with Gasteiger partial charge < -0.3 is 14.8 Å². The van der Waals surface area contributed by atoms with Gasteiger partial charge in [-0.2, -0.15) is 31.6 Å². The fraction of sp³-hybridized carbons (Fsp3) is 0.273. The van der Waals surface area contributed by atoms with Gasteiger partial charge in [-0.15, -0.1) is 10.2 Å². The number of H-pyrrole nitrogens is 1. The first-order valence-corrected chi connectivity index (χ1v) is 10.2. The van der Waals surface area contributed by atoms with Crippen LogP contribution < -0.4 is 14.8 Å². The molecule has 1 unspecified atom stereocenters. The number of nitrogens with zero attached hydrogens (tertiary/aromatic N) is 3. The van der Waals surface area contributed by atoms with E-state index < -0.39 is 42.4 Å². The second-order valence-electron chi connectivity index (χ2n) is 7.78. The molecule has 0 saturated carbocycles. The number of nitrogens with one attached hydrogen (secondary N) is 2. The Morgan fingerprint density at radius 1 is 0.972 bits per heavy atom. The number of halogens is 6. The molecule has 3 aromatic rings. The molecule has 190 valence electrons. The summed E-state index contributed by atoms with van der Waals surface area (Å²) in [6.07, 6.45) is -10.4. The molecular formula is C22H17F6N5O3.